The van der Waals surface area contributed by atoms with E-state index in [0.717, 1.165) is 11.3 Å². The average molecular weight is 287 g/mol. The van der Waals surface area contributed by atoms with E-state index in [9.17, 15) is 0 Å². The number of halogens is 1. The predicted octanol–water partition coefficient (Wildman–Crippen LogP) is 2.67. The number of hydrogen-bond acceptors (Lipinski definition) is 5. The molecule has 0 aliphatic heterocycles. The topological polar surface area (TPSA) is 68.5 Å². The first-order valence-corrected chi connectivity index (χ1v) is 6.29. The molecule has 0 saturated carbocycles. The molecule has 0 bridgehead atoms. The van der Waals surface area contributed by atoms with Gasteiger partial charge in [0.25, 0.3) is 0 Å². The maximum Gasteiger partial charge on any atom is 0.227 e. The van der Waals surface area contributed by atoms with Crippen LogP contribution in [0.2, 0.25) is 5.02 Å². The van der Waals surface area contributed by atoms with E-state index < -0.39 is 0 Å². The van der Waals surface area contributed by atoms with Gasteiger partial charge in [-0.3, -0.25) is 9.67 Å². The molecular weight excluding hydrogens is 276 g/mol. The molecule has 0 aromatic carbocycles. The minimum absolute atomic E-state index is 0.459. The lowest BCUT2D eigenvalue weighted by Gasteiger charge is -2.06. The van der Waals surface area contributed by atoms with Crippen LogP contribution in [0.3, 0.4) is 0 Å². The van der Waals surface area contributed by atoms with Gasteiger partial charge in [0.05, 0.1) is 35.0 Å². The van der Waals surface area contributed by atoms with E-state index in [1.54, 1.807) is 29.5 Å². The van der Waals surface area contributed by atoms with Crippen LogP contribution in [0.4, 0.5) is 11.6 Å². The first-order chi connectivity index (χ1) is 9.72. The normalized spacial score (nSPS) is 10.5. The van der Waals surface area contributed by atoms with Gasteiger partial charge in [-0.05, 0) is 12.1 Å². The van der Waals surface area contributed by atoms with Crippen molar-refractivity contribution in [2.75, 3.05) is 5.32 Å². The summed E-state index contributed by atoms with van der Waals surface area (Å²) in [7, 11) is 1.84. The minimum atomic E-state index is 0.459. The summed E-state index contributed by atoms with van der Waals surface area (Å²) in [6.07, 6.45) is 8.52. The lowest BCUT2D eigenvalue weighted by atomic mass is 10.2. The second kappa shape index (κ2) is 5.26. The zero-order valence-electron chi connectivity index (χ0n) is 10.7. The van der Waals surface area contributed by atoms with E-state index >= 15 is 0 Å². The van der Waals surface area contributed by atoms with Crippen LogP contribution in [0.25, 0.3) is 11.3 Å². The summed E-state index contributed by atoms with van der Waals surface area (Å²) in [5.41, 5.74) is 2.29. The van der Waals surface area contributed by atoms with Crippen molar-refractivity contribution in [2.24, 2.45) is 7.05 Å². The van der Waals surface area contributed by atoms with Crippen LogP contribution in [-0.4, -0.2) is 24.7 Å². The first kappa shape index (κ1) is 12.6. The van der Waals surface area contributed by atoms with Gasteiger partial charge in [0.1, 0.15) is 0 Å². The van der Waals surface area contributed by atoms with Crippen molar-refractivity contribution in [3.8, 4) is 11.3 Å². The summed E-state index contributed by atoms with van der Waals surface area (Å²) in [4.78, 5) is 12.6. The Morgan fingerprint density at radius 2 is 2.15 bits per heavy atom. The highest BCUT2D eigenvalue weighted by Crippen LogP contribution is 2.26. The van der Waals surface area contributed by atoms with Crippen LogP contribution in [0.5, 0.6) is 0 Å². The Kier molecular flexibility index (Phi) is 3.30. The molecule has 0 aliphatic rings. The maximum absolute atomic E-state index is 6.14. The zero-order chi connectivity index (χ0) is 13.9. The number of nitrogens with zero attached hydrogens (tertiary/aromatic N) is 5. The Bertz CT molecular complexity index is 725. The predicted molar refractivity (Wildman–Crippen MR) is 76.8 cm³/mol. The molecular formula is C13H11ClN6. The molecule has 0 saturated heterocycles. The number of nitrogens with one attached hydrogen (secondary N) is 1. The van der Waals surface area contributed by atoms with Crippen molar-refractivity contribution in [1.82, 2.24) is 24.7 Å². The van der Waals surface area contributed by atoms with Gasteiger partial charge in [-0.1, -0.05) is 11.6 Å². The lowest BCUT2D eigenvalue weighted by Crippen LogP contribution is -1.98. The molecule has 20 heavy (non-hydrogen) atoms. The van der Waals surface area contributed by atoms with E-state index in [1.807, 2.05) is 25.4 Å². The van der Waals surface area contributed by atoms with Crippen LogP contribution in [0, 0.1) is 0 Å². The van der Waals surface area contributed by atoms with Crippen LogP contribution in [0.15, 0.2) is 43.1 Å². The van der Waals surface area contributed by atoms with Gasteiger partial charge >= 0.3 is 0 Å². The average Bonchev–Trinajstić information content (AvgIpc) is 2.89. The van der Waals surface area contributed by atoms with Crippen molar-refractivity contribution >= 4 is 23.2 Å². The fourth-order valence-corrected chi connectivity index (χ4v) is 1.94. The summed E-state index contributed by atoms with van der Waals surface area (Å²) in [6.45, 7) is 0. The van der Waals surface area contributed by atoms with Crippen molar-refractivity contribution < 1.29 is 0 Å². The molecule has 0 fully saturated rings. The number of anilines is 2. The zero-order valence-corrected chi connectivity index (χ0v) is 11.4. The molecule has 1 N–H and O–H groups in total. The van der Waals surface area contributed by atoms with Gasteiger partial charge in [0.2, 0.25) is 5.95 Å². The fraction of sp³-hybridized carbons (Fsp3) is 0.0769. The van der Waals surface area contributed by atoms with E-state index in [4.69, 9.17) is 11.6 Å². The van der Waals surface area contributed by atoms with Gasteiger partial charge in [-0.25, -0.2) is 9.97 Å². The molecule has 0 radical (unpaired) electrons. The molecule has 3 aromatic rings. The highest BCUT2D eigenvalue weighted by Gasteiger charge is 2.10. The van der Waals surface area contributed by atoms with Crippen molar-refractivity contribution in [1.29, 1.82) is 0 Å². The third kappa shape index (κ3) is 2.60. The van der Waals surface area contributed by atoms with Crippen molar-refractivity contribution in [2.45, 2.75) is 0 Å². The summed E-state index contributed by atoms with van der Waals surface area (Å²) in [6, 6.07) is 3.72. The van der Waals surface area contributed by atoms with E-state index in [-0.39, 0.29) is 0 Å². The van der Waals surface area contributed by atoms with Crippen LogP contribution in [0.1, 0.15) is 0 Å². The number of aromatic nitrogens is 5. The van der Waals surface area contributed by atoms with E-state index in [2.05, 4.69) is 25.4 Å². The van der Waals surface area contributed by atoms with Crippen LogP contribution >= 0.6 is 11.6 Å². The molecule has 0 unspecified atom stereocenters. The standard InChI is InChI=1S/C13H11ClN6/c1-20-8-9(5-17-20)12-11(14)7-16-13(19-12)18-10-3-2-4-15-6-10/h2-8H,1H3,(H,16,18,19). The third-order valence-corrected chi connectivity index (χ3v) is 2.92. The lowest BCUT2D eigenvalue weighted by molar-refractivity contribution is 0.768. The third-order valence-electron chi connectivity index (χ3n) is 2.64. The Morgan fingerprint density at radius 3 is 2.85 bits per heavy atom. The minimum Gasteiger partial charge on any atom is -0.323 e. The molecule has 7 heteroatoms. The highest BCUT2D eigenvalue weighted by atomic mass is 35.5. The second-order valence-electron chi connectivity index (χ2n) is 4.16. The largest absolute Gasteiger partial charge is 0.323 e. The number of aryl methyl sites for hydroxylation is 1. The van der Waals surface area contributed by atoms with Gasteiger partial charge in [0, 0.05) is 25.0 Å². The maximum atomic E-state index is 6.14. The molecule has 3 aromatic heterocycles. The van der Waals surface area contributed by atoms with Crippen molar-refractivity contribution in [3.05, 3.63) is 48.1 Å². The summed E-state index contributed by atoms with van der Waals surface area (Å²) < 4.78 is 1.70. The number of hydrogen-bond donors (Lipinski definition) is 1. The molecule has 0 spiro atoms. The van der Waals surface area contributed by atoms with E-state index in [0.29, 0.717) is 16.7 Å². The van der Waals surface area contributed by atoms with E-state index in [1.165, 1.54) is 0 Å². The fourth-order valence-electron chi connectivity index (χ4n) is 1.74. The number of rotatable bonds is 3. The summed E-state index contributed by atoms with van der Waals surface area (Å²) >= 11 is 6.14. The quantitative estimate of drug-likeness (QED) is 0.802. The molecule has 0 atom stereocenters. The molecule has 3 heterocycles. The van der Waals surface area contributed by atoms with Gasteiger partial charge in [0.15, 0.2) is 0 Å². The SMILES string of the molecule is Cn1cc(-c2nc(Nc3cccnc3)ncc2Cl)cn1. The summed E-state index contributed by atoms with van der Waals surface area (Å²) in [5, 5.41) is 7.67. The van der Waals surface area contributed by atoms with Gasteiger partial charge in [-0.15, -0.1) is 0 Å². The second-order valence-corrected chi connectivity index (χ2v) is 4.57. The van der Waals surface area contributed by atoms with Gasteiger partial charge in [-0.2, -0.15) is 5.10 Å². The highest BCUT2D eigenvalue weighted by molar-refractivity contribution is 6.32. The summed E-state index contributed by atoms with van der Waals surface area (Å²) in [5.74, 6) is 0.459. The Balaban J connectivity index is 1.94. The van der Waals surface area contributed by atoms with Gasteiger partial charge < -0.3 is 5.32 Å². The van der Waals surface area contributed by atoms with Crippen LogP contribution in [-0.2, 0) is 7.05 Å². The molecule has 0 aliphatic carbocycles. The Morgan fingerprint density at radius 1 is 1.25 bits per heavy atom. The molecule has 100 valence electrons. The molecule has 0 amide bonds. The van der Waals surface area contributed by atoms with Crippen molar-refractivity contribution in [3.63, 3.8) is 0 Å². The van der Waals surface area contributed by atoms with Crippen LogP contribution < -0.4 is 5.32 Å². The smallest absolute Gasteiger partial charge is 0.227 e. The Labute approximate surface area is 120 Å². The number of pyridine rings is 1. The molecule has 3 rings (SSSR count). The molecule has 6 nitrogen and oxygen atoms in total. The first-order valence-electron chi connectivity index (χ1n) is 5.91. The monoisotopic (exact) mass is 286 g/mol. The Hall–Kier alpha value is -2.47.